The quantitative estimate of drug-likeness (QED) is 0.613. The number of aromatic nitrogens is 2. The van der Waals surface area contributed by atoms with E-state index < -0.39 is 0 Å². The minimum atomic E-state index is 0.615. The monoisotopic (exact) mass is 282 g/mol. The third kappa shape index (κ3) is 5.27. The SMILES string of the molecule is CNc1cc(N(CC(C)C)CC(C)C)nc(SC)n1. The van der Waals surface area contributed by atoms with Crippen LogP contribution in [-0.2, 0) is 0 Å². The first kappa shape index (κ1) is 16.1. The Kier molecular flexibility index (Phi) is 6.42. The second-order valence-corrected chi connectivity index (χ2v) is 6.31. The third-order valence-corrected chi connectivity index (χ3v) is 3.17. The number of hydrogen-bond donors (Lipinski definition) is 1. The highest BCUT2D eigenvalue weighted by Crippen LogP contribution is 2.21. The van der Waals surface area contributed by atoms with E-state index in [1.807, 2.05) is 19.4 Å². The summed E-state index contributed by atoms with van der Waals surface area (Å²) in [6.45, 7) is 11.0. The second kappa shape index (κ2) is 7.58. The maximum atomic E-state index is 4.64. The van der Waals surface area contributed by atoms with E-state index in [0.717, 1.165) is 29.9 Å². The van der Waals surface area contributed by atoms with Crippen LogP contribution in [0.1, 0.15) is 27.7 Å². The van der Waals surface area contributed by atoms with Crippen LogP contribution in [0.4, 0.5) is 11.6 Å². The molecule has 1 N–H and O–H groups in total. The fourth-order valence-electron chi connectivity index (χ4n) is 1.94. The van der Waals surface area contributed by atoms with Crippen molar-refractivity contribution in [1.82, 2.24) is 9.97 Å². The van der Waals surface area contributed by atoms with Gasteiger partial charge in [0.05, 0.1) is 0 Å². The van der Waals surface area contributed by atoms with Crippen molar-refractivity contribution in [2.24, 2.45) is 11.8 Å². The lowest BCUT2D eigenvalue weighted by Crippen LogP contribution is -2.32. The normalized spacial score (nSPS) is 11.2. The number of rotatable bonds is 7. The first-order valence-electron chi connectivity index (χ1n) is 6.82. The molecule has 0 radical (unpaired) electrons. The molecule has 1 rings (SSSR count). The fourth-order valence-corrected chi connectivity index (χ4v) is 2.31. The molecule has 0 aromatic carbocycles. The zero-order valence-electron chi connectivity index (χ0n) is 12.9. The standard InChI is InChI=1S/C14H26N4S/c1-10(2)8-18(9-11(3)4)13-7-12(15-5)16-14(17-13)19-6/h7,10-11H,8-9H2,1-6H3,(H,15,16,17). The highest BCUT2D eigenvalue weighted by Gasteiger charge is 2.14. The molecule has 1 heterocycles. The molecule has 0 atom stereocenters. The van der Waals surface area contributed by atoms with Crippen LogP contribution < -0.4 is 10.2 Å². The van der Waals surface area contributed by atoms with Gasteiger partial charge in [0.25, 0.3) is 0 Å². The van der Waals surface area contributed by atoms with Crippen molar-refractivity contribution in [2.45, 2.75) is 32.9 Å². The summed E-state index contributed by atoms with van der Waals surface area (Å²) in [7, 11) is 1.89. The summed E-state index contributed by atoms with van der Waals surface area (Å²) in [5.41, 5.74) is 0. The average Bonchev–Trinajstić information content (AvgIpc) is 2.36. The van der Waals surface area contributed by atoms with Crippen molar-refractivity contribution in [3.8, 4) is 0 Å². The van der Waals surface area contributed by atoms with Crippen LogP contribution in [0.15, 0.2) is 11.2 Å². The van der Waals surface area contributed by atoms with E-state index >= 15 is 0 Å². The smallest absolute Gasteiger partial charge is 0.191 e. The zero-order chi connectivity index (χ0) is 14.4. The number of nitrogens with one attached hydrogen (secondary N) is 1. The summed E-state index contributed by atoms with van der Waals surface area (Å²) in [6.07, 6.45) is 2.01. The highest BCUT2D eigenvalue weighted by atomic mass is 32.2. The Morgan fingerprint density at radius 1 is 1.16 bits per heavy atom. The van der Waals surface area contributed by atoms with Crippen molar-refractivity contribution in [1.29, 1.82) is 0 Å². The van der Waals surface area contributed by atoms with Gasteiger partial charge in [-0.15, -0.1) is 0 Å². The number of nitrogens with zero attached hydrogens (tertiary/aromatic N) is 3. The lowest BCUT2D eigenvalue weighted by atomic mass is 10.1. The Labute approximate surface area is 121 Å². The van der Waals surface area contributed by atoms with Crippen LogP contribution in [0, 0.1) is 11.8 Å². The van der Waals surface area contributed by atoms with E-state index in [1.54, 1.807) is 11.8 Å². The molecule has 1 aromatic heterocycles. The molecule has 0 saturated carbocycles. The molecule has 0 amide bonds. The topological polar surface area (TPSA) is 41.0 Å². The van der Waals surface area contributed by atoms with E-state index in [4.69, 9.17) is 0 Å². The van der Waals surface area contributed by atoms with E-state index in [2.05, 4.69) is 47.9 Å². The van der Waals surface area contributed by atoms with Crippen LogP contribution >= 0.6 is 11.8 Å². The fraction of sp³-hybridized carbons (Fsp3) is 0.714. The molecular weight excluding hydrogens is 256 g/mol. The van der Waals surface area contributed by atoms with Gasteiger partial charge in [-0.1, -0.05) is 39.5 Å². The van der Waals surface area contributed by atoms with Crippen molar-refractivity contribution in [3.05, 3.63) is 6.07 Å². The molecular formula is C14H26N4S. The summed E-state index contributed by atoms with van der Waals surface area (Å²) in [5, 5.41) is 3.93. The summed E-state index contributed by atoms with van der Waals surface area (Å²) in [5.74, 6) is 3.13. The third-order valence-electron chi connectivity index (χ3n) is 2.63. The van der Waals surface area contributed by atoms with Gasteiger partial charge in [0.1, 0.15) is 11.6 Å². The number of anilines is 2. The van der Waals surface area contributed by atoms with Crippen molar-refractivity contribution < 1.29 is 0 Å². The summed E-state index contributed by atoms with van der Waals surface area (Å²) in [6, 6.07) is 2.03. The van der Waals surface area contributed by atoms with Gasteiger partial charge >= 0.3 is 0 Å². The van der Waals surface area contributed by atoms with Crippen LogP contribution in [0.5, 0.6) is 0 Å². The molecule has 0 unspecified atom stereocenters. The molecule has 1 aromatic rings. The molecule has 0 aliphatic heterocycles. The molecule has 0 spiro atoms. The van der Waals surface area contributed by atoms with Crippen LogP contribution in [0.3, 0.4) is 0 Å². The minimum absolute atomic E-state index is 0.615. The molecule has 0 aliphatic carbocycles. The van der Waals surface area contributed by atoms with Gasteiger partial charge in [-0.25, -0.2) is 9.97 Å². The van der Waals surface area contributed by atoms with E-state index in [0.29, 0.717) is 11.8 Å². The Morgan fingerprint density at radius 2 is 1.74 bits per heavy atom. The van der Waals surface area contributed by atoms with Crippen LogP contribution in [-0.4, -0.2) is 36.4 Å². The molecule has 108 valence electrons. The first-order valence-corrected chi connectivity index (χ1v) is 8.04. The molecule has 4 nitrogen and oxygen atoms in total. The van der Waals surface area contributed by atoms with E-state index in [-0.39, 0.29) is 0 Å². The Balaban J connectivity index is 3.05. The largest absolute Gasteiger partial charge is 0.373 e. The van der Waals surface area contributed by atoms with Gasteiger partial charge in [0.2, 0.25) is 0 Å². The zero-order valence-corrected chi connectivity index (χ0v) is 13.7. The summed E-state index contributed by atoms with van der Waals surface area (Å²) < 4.78 is 0. The van der Waals surface area contributed by atoms with Crippen LogP contribution in [0.25, 0.3) is 0 Å². The van der Waals surface area contributed by atoms with Crippen molar-refractivity contribution >= 4 is 23.4 Å². The van der Waals surface area contributed by atoms with Gasteiger partial charge < -0.3 is 10.2 Å². The molecule has 0 bridgehead atoms. The predicted molar refractivity (Wildman–Crippen MR) is 85.2 cm³/mol. The molecule has 0 saturated heterocycles. The second-order valence-electron chi connectivity index (χ2n) is 5.54. The van der Waals surface area contributed by atoms with Gasteiger partial charge in [0, 0.05) is 26.2 Å². The Hall–Kier alpha value is -0.970. The van der Waals surface area contributed by atoms with E-state index in [9.17, 15) is 0 Å². The highest BCUT2D eigenvalue weighted by molar-refractivity contribution is 7.98. The van der Waals surface area contributed by atoms with Crippen LogP contribution in [0.2, 0.25) is 0 Å². The van der Waals surface area contributed by atoms with Crippen molar-refractivity contribution in [2.75, 3.05) is 36.6 Å². The first-order chi connectivity index (χ1) is 8.96. The molecule has 0 fully saturated rings. The molecule has 5 heteroatoms. The summed E-state index contributed by atoms with van der Waals surface area (Å²) in [4.78, 5) is 11.4. The number of hydrogen-bond acceptors (Lipinski definition) is 5. The van der Waals surface area contributed by atoms with E-state index in [1.165, 1.54) is 0 Å². The van der Waals surface area contributed by atoms with Crippen molar-refractivity contribution in [3.63, 3.8) is 0 Å². The van der Waals surface area contributed by atoms with Gasteiger partial charge in [-0.3, -0.25) is 0 Å². The average molecular weight is 282 g/mol. The summed E-state index contributed by atoms with van der Waals surface area (Å²) >= 11 is 1.58. The Morgan fingerprint density at radius 3 is 2.16 bits per heavy atom. The maximum absolute atomic E-state index is 4.64. The lowest BCUT2D eigenvalue weighted by Gasteiger charge is -2.27. The Bertz CT molecular complexity index is 361. The minimum Gasteiger partial charge on any atom is -0.373 e. The lowest BCUT2D eigenvalue weighted by molar-refractivity contribution is 0.547. The molecule has 19 heavy (non-hydrogen) atoms. The van der Waals surface area contributed by atoms with Gasteiger partial charge in [-0.05, 0) is 18.1 Å². The maximum Gasteiger partial charge on any atom is 0.191 e. The van der Waals surface area contributed by atoms with Gasteiger partial charge in [-0.2, -0.15) is 0 Å². The predicted octanol–water partition coefficient (Wildman–Crippen LogP) is 3.36. The number of thioether (sulfide) groups is 1. The molecule has 0 aliphatic rings. The van der Waals surface area contributed by atoms with Gasteiger partial charge in [0.15, 0.2) is 5.16 Å².